The first-order valence-corrected chi connectivity index (χ1v) is 11.6. The summed E-state index contributed by atoms with van der Waals surface area (Å²) in [5.41, 5.74) is 7.64. The van der Waals surface area contributed by atoms with Gasteiger partial charge in [-0.15, -0.1) is 0 Å². The molecule has 0 aliphatic carbocycles. The molecule has 0 fully saturated rings. The van der Waals surface area contributed by atoms with E-state index in [9.17, 15) is 13.2 Å². The number of rotatable bonds is 6. The first-order chi connectivity index (χ1) is 14.1. The summed E-state index contributed by atoms with van der Waals surface area (Å²) in [6.45, 7) is 10.8. The third-order valence-corrected chi connectivity index (χ3v) is 5.75. The van der Waals surface area contributed by atoms with Crippen LogP contribution in [0.4, 0.5) is 16.2 Å². The van der Waals surface area contributed by atoms with Crippen molar-refractivity contribution in [2.75, 3.05) is 11.1 Å². The monoisotopic (exact) mass is 447 g/mol. The highest BCUT2D eigenvalue weighted by molar-refractivity contribution is 7.89. The molecule has 0 atom stereocenters. The van der Waals surface area contributed by atoms with Gasteiger partial charge in [-0.25, -0.2) is 17.9 Å². The first-order valence-electron chi connectivity index (χ1n) is 10.2. The van der Waals surface area contributed by atoms with Gasteiger partial charge in [-0.2, -0.15) is 0 Å². The van der Waals surface area contributed by atoms with Gasteiger partial charge in [0, 0.05) is 16.9 Å². The average molecular weight is 448 g/mol. The Labute approximate surface area is 185 Å². The van der Waals surface area contributed by atoms with Gasteiger partial charge >= 0.3 is 6.09 Å². The van der Waals surface area contributed by atoms with Crippen molar-refractivity contribution < 1.29 is 17.9 Å². The summed E-state index contributed by atoms with van der Waals surface area (Å²) in [5, 5.41) is 2.73. The number of benzene rings is 2. The zero-order chi connectivity index (χ0) is 23.4. The molecule has 2 aromatic rings. The fraction of sp³-hybridized carbons (Fsp3) is 0.435. The number of nitrogens with two attached hydrogens (primary N) is 1. The number of nitrogens with one attached hydrogen (secondary N) is 2. The Bertz CT molecular complexity index is 1040. The Morgan fingerprint density at radius 3 is 2.23 bits per heavy atom. The molecule has 0 bridgehead atoms. The van der Waals surface area contributed by atoms with E-state index < -0.39 is 27.3 Å². The maximum atomic E-state index is 12.7. The summed E-state index contributed by atoms with van der Waals surface area (Å²) in [5.74, 6) is 0. The third kappa shape index (κ3) is 8.59. The molecule has 0 aliphatic rings. The van der Waals surface area contributed by atoms with Crippen LogP contribution in [0.25, 0.3) is 0 Å². The van der Waals surface area contributed by atoms with Crippen molar-refractivity contribution in [2.24, 2.45) is 0 Å². The number of carbonyl (C=O) groups is 1. The molecule has 0 radical (unpaired) electrons. The summed E-state index contributed by atoms with van der Waals surface area (Å²) in [6.07, 6.45) is 0.736. The van der Waals surface area contributed by atoms with Gasteiger partial charge in [-0.05, 0) is 95.8 Å². The molecular formula is C23H33N3O4S. The molecule has 0 saturated carbocycles. The van der Waals surface area contributed by atoms with Crippen molar-refractivity contribution >= 4 is 27.5 Å². The molecule has 0 unspecified atom stereocenters. The maximum Gasteiger partial charge on any atom is 0.412 e. The van der Waals surface area contributed by atoms with Crippen LogP contribution in [0.5, 0.6) is 0 Å². The Hall–Kier alpha value is -2.58. The Morgan fingerprint density at radius 2 is 1.61 bits per heavy atom. The number of nitrogen functional groups attached to an aromatic ring is 1. The molecule has 0 spiro atoms. The van der Waals surface area contributed by atoms with Crippen LogP contribution in [0.1, 0.15) is 52.7 Å². The smallest absolute Gasteiger partial charge is 0.412 e. The first kappa shape index (κ1) is 24.7. The fourth-order valence-corrected chi connectivity index (χ4v) is 4.48. The van der Waals surface area contributed by atoms with Crippen LogP contribution in [-0.4, -0.2) is 25.7 Å². The molecule has 0 aliphatic heterocycles. The van der Waals surface area contributed by atoms with Crippen LogP contribution in [-0.2, 0) is 27.6 Å². The van der Waals surface area contributed by atoms with Gasteiger partial charge in [0.2, 0.25) is 10.0 Å². The number of carbonyl (C=O) groups excluding carboxylic acids is 1. The number of aryl methyl sites for hydroxylation is 2. The average Bonchev–Trinajstić information content (AvgIpc) is 2.56. The van der Waals surface area contributed by atoms with Crippen molar-refractivity contribution in [3.8, 4) is 0 Å². The van der Waals surface area contributed by atoms with Crippen molar-refractivity contribution in [3.63, 3.8) is 0 Å². The second-order valence-electron chi connectivity index (χ2n) is 9.59. The Kier molecular flexibility index (Phi) is 7.39. The van der Waals surface area contributed by atoms with Crippen molar-refractivity contribution in [2.45, 2.75) is 70.4 Å². The van der Waals surface area contributed by atoms with Gasteiger partial charge in [-0.1, -0.05) is 12.1 Å². The van der Waals surface area contributed by atoms with Crippen LogP contribution < -0.4 is 15.8 Å². The van der Waals surface area contributed by atoms with Gasteiger partial charge in [0.05, 0.1) is 4.90 Å². The molecule has 2 rings (SSSR count). The molecular weight excluding hydrogens is 414 g/mol. The summed E-state index contributed by atoms with van der Waals surface area (Å²) >= 11 is 0. The molecule has 2 aromatic carbocycles. The second-order valence-corrected chi connectivity index (χ2v) is 11.3. The number of ether oxygens (including phenoxy) is 1. The van der Waals surface area contributed by atoms with Crippen LogP contribution in [0.15, 0.2) is 47.4 Å². The number of hydrogen-bond acceptors (Lipinski definition) is 5. The van der Waals surface area contributed by atoms with E-state index in [1.165, 1.54) is 6.07 Å². The zero-order valence-electron chi connectivity index (χ0n) is 19.1. The predicted molar refractivity (Wildman–Crippen MR) is 125 cm³/mol. The highest BCUT2D eigenvalue weighted by atomic mass is 32.2. The normalized spacial score (nSPS) is 12.5. The minimum absolute atomic E-state index is 0.151. The van der Waals surface area contributed by atoms with E-state index in [0.29, 0.717) is 24.2 Å². The minimum atomic E-state index is -3.67. The molecule has 170 valence electrons. The lowest BCUT2D eigenvalue weighted by Crippen LogP contribution is -2.40. The van der Waals surface area contributed by atoms with Gasteiger partial charge in [0.25, 0.3) is 0 Å². The van der Waals surface area contributed by atoms with Crippen LogP contribution in [0.2, 0.25) is 0 Å². The Balaban J connectivity index is 2.12. The highest BCUT2D eigenvalue weighted by Gasteiger charge is 2.22. The second kappa shape index (κ2) is 9.28. The number of anilines is 2. The standard InChI is InChI=1S/C23H33N3O4S/c1-22(2,3)26-31(28,29)20-14-17(12-18(24)15-20)11-10-16-8-7-9-19(13-16)25-21(27)30-23(4,5)6/h7-9,12-15,26H,10-11,24H2,1-6H3,(H,25,27). The zero-order valence-corrected chi connectivity index (χ0v) is 19.9. The highest BCUT2D eigenvalue weighted by Crippen LogP contribution is 2.21. The minimum Gasteiger partial charge on any atom is -0.444 e. The van der Waals surface area contributed by atoms with Gasteiger partial charge < -0.3 is 10.5 Å². The lowest BCUT2D eigenvalue weighted by molar-refractivity contribution is 0.0636. The largest absolute Gasteiger partial charge is 0.444 e. The van der Waals surface area contributed by atoms with E-state index in [0.717, 1.165) is 11.1 Å². The Morgan fingerprint density at radius 1 is 0.968 bits per heavy atom. The molecule has 31 heavy (non-hydrogen) atoms. The van der Waals surface area contributed by atoms with Gasteiger partial charge in [0.15, 0.2) is 0 Å². The van der Waals surface area contributed by atoms with E-state index in [2.05, 4.69) is 10.0 Å². The summed E-state index contributed by atoms with van der Waals surface area (Å²) in [7, 11) is -3.67. The van der Waals surface area contributed by atoms with Crippen LogP contribution in [0, 0.1) is 0 Å². The summed E-state index contributed by atoms with van der Waals surface area (Å²) in [4.78, 5) is 12.1. The summed E-state index contributed by atoms with van der Waals surface area (Å²) < 4.78 is 33.2. The van der Waals surface area contributed by atoms with Crippen molar-refractivity contribution in [1.82, 2.24) is 4.72 Å². The van der Waals surface area contributed by atoms with Crippen LogP contribution in [0.3, 0.4) is 0 Å². The molecule has 0 saturated heterocycles. The van der Waals surface area contributed by atoms with E-state index in [-0.39, 0.29) is 4.90 Å². The third-order valence-electron chi connectivity index (χ3n) is 4.01. The van der Waals surface area contributed by atoms with Gasteiger partial charge in [-0.3, -0.25) is 5.32 Å². The molecule has 0 heterocycles. The molecule has 4 N–H and O–H groups in total. The number of amides is 1. The molecule has 7 nitrogen and oxygen atoms in total. The molecule has 8 heteroatoms. The van der Waals surface area contributed by atoms with E-state index in [1.54, 1.807) is 59.7 Å². The van der Waals surface area contributed by atoms with Crippen LogP contribution >= 0.6 is 0 Å². The van der Waals surface area contributed by atoms with E-state index in [1.807, 2.05) is 18.2 Å². The number of hydrogen-bond donors (Lipinski definition) is 3. The van der Waals surface area contributed by atoms with Gasteiger partial charge in [0.1, 0.15) is 5.60 Å². The SMILES string of the molecule is CC(C)(C)NS(=O)(=O)c1cc(N)cc(CCc2cccc(NC(=O)OC(C)(C)C)c2)c1. The molecule has 1 amide bonds. The quantitative estimate of drug-likeness (QED) is 0.566. The lowest BCUT2D eigenvalue weighted by Gasteiger charge is -2.21. The fourth-order valence-electron chi connectivity index (χ4n) is 2.96. The topological polar surface area (TPSA) is 111 Å². The number of sulfonamides is 1. The van der Waals surface area contributed by atoms with Crippen molar-refractivity contribution in [1.29, 1.82) is 0 Å². The summed E-state index contributed by atoms with van der Waals surface area (Å²) in [6, 6.07) is 12.3. The van der Waals surface area contributed by atoms with E-state index in [4.69, 9.17) is 10.5 Å². The van der Waals surface area contributed by atoms with E-state index >= 15 is 0 Å². The lowest BCUT2D eigenvalue weighted by atomic mass is 10.0. The molecule has 0 aromatic heterocycles. The predicted octanol–water partition coefficient (Wildman–Crippen LogP) is 4.48. The van der Waals surface area contributed by atoms with Crippen molar-refractivity contribution in [3.05, 3.63) is 53.6 Å². The maximum absolute atomic E-state index is 12.7.